The lowest BCUT2D eigenvalue weighted by Gasteiger charge is -2.32. The lowest BCUT2D eigenvalue weighted by atomic mass is 9.79. The Labute approximate surface area is 126 Å². The summed E-state index contributed by atoms with van der Waals surface area (Å²) in [5, 5.41) is 3.26. The number of amides is 1. The van der Waals surface area contributed by atoms with E-state index < -0.39 is 6.04 Å². The van der Waals surface area contributed by atoms with E-state index in [1.165, 1.54) is 32.1 Å². The number of rotatable bonds is 3. The van der Waals surface area contributed by atoms with Crippen LogP contribution < -0.4 is 11.1 Å². The minimum Gasteiger partial charge on any atom is -0.351 e. The standard InChI is InChI=1S/C18H24N2O/c19-17(11-5-2-1-3-6-11)18(21)20-16-10-12-9-15(16)14-8-4-7-13(12)14/h1-3,5-6,12-17H,4,7-10,19H2,(H,20,21)/t12?,13?,14?,15?,16?,17-/m0/s1. The summed E-state index contributed by atoms with van der Waals surface area (Å²) in [6.45, 7) is 0. The van der Waals surface area contributed by atoms with Gasteiger partial charge in [-0.15, -0.1) is 0 Å². The van der Waals surface area contributed by atoms with E-state index in [1.807, 2.05) is 30.3 Å². The minimum absolute atomic E-state index is 0.00621. The molecule has 3 fully saturated rings. The number of carbonyl (C=O) groups is 1. The van der Waals surface area contributed by atoms with Crippen molar-refractivity contribution in [1.82, 2.24) is 5.32 Å². The van der Waals surface area contributed by atoms with E-state index in [-0.39, 0.29) is 5.91 Å². The first-order valence-electron chi connectivity index (χ1n) is 8.35. The Balaban J connectivity index is 1.42. The zero-order valence-corrected chi connectivity index (χ0v) is 12.4. The molecule has 0 heterocycles. The maximum atomic E-state index is 12.4. The van der Waals surface area contributed by atoms with Gasteiger partial charge in [0, 0.05) is 6.04 Å². The average Bonchev–Trinajstić information content (AvgIpc) is 3.19. The summed E-state index contributed by atoms with van der Waals surface area (Å²) in [6.07, 6.45) is 6.71. The number of nitrogens with two attached hydrogens (primary N) is 1. The number of nitrogens with one attached hydrogen (secondary N) is 1. The van der Waals surface area contributed by atoms with Crippen LogP contribution in [-0.2, 0) is 4.79 Å². The molecule has 5 unspecified atom stereocenters. The fraction of sp³-hybridized carbons (Fsp3) is 0.611. The smallest absolute Gasteiger partial charge is 0.241 e. The van der Waals surface area contributed by atoms with E-state index in [9.17, 15) is 4.79 Å². The number of benzene rings is 1. The molecule has 112 valence electrons. The van der Waals surface area contributed by atoms with Crippen LogP contribution in [0.5, 0.6) is 0 Å². The molecule has 0 radical (unpaired) electrons. The van der Waals surface area contributed by atoms with Gasteiger partial charge in [0.25, 0.3) is 0 Å². The molecule has 1 aromatic rings. The molecule has 1 amide bonds. The summed E-state index contributed by atoms with van der Waals surface area (Å²) >= 11 is 0. The molecule has 6 atom stereocenters. The second-order valence-electron chi connectivity index (χ2n) is 7.16. The van der Waals surface area contributed by atoms with Gasteiger partial charge in [0.15, 0.2) is 0 Å². The number of hydrogen-bond donors (Lipinski definition) is 2. The Hall–Kier alpha value is -1.35. The highest BCUT2D eigenvalue weighted by Gasteiger charge is 2.54. The van der Waals surface area contributed by atoms with Gasteiger partial charge in [0.1, 0.15) is 6.04 Å². The van der Waals surface area contributed by atoms with Crippen LogP contribution in [0.4, 0.5) is 0 Å². The van der Waals surface area contributed by atoms with E-state index in [1.54, 1.807) is 0 Å². The highest BCUT2D eigenvalue weighted by molar-refractivity contribution is 5.83. The molecule has 3 aliphatic rings. The van der Waals surface area contributed by atoms with Crippen LogP contribution in [0.3, 0.4) is 0 Å². The van der Waals surface area contributed by atoms with E-state index in [0.717, 1.165) is 29.2 Å². The highest BCUT2D eigenvalue weighted by atomic mass is 16.2. The summed E-state index contributed by atoms with van der Waals surface area (Å²) in [5.41, 5.74) is 7.01. The first kappa shape index (κ1) is 13.3. The lowest BCUT2D eigenvalue weighted by Crippen LogP contribution is -2.45. The molecule has 2 bridgehead atoms. The van der Waals surface area contributed by atoms with Gasteiger partial charge in [0.2, 0.25) is 5.91 Å². The Bertz CT molecular complexity index is 529. The second-order valence-corrected chi connectivity index (χ2v) is 7.16. The van der Waals surface area contributed by atoms with Crippen LogP contribution in [0.25, 0.3) is 0 Å². The SMILES string of the molecule is N[C@H](C(=O)NC1CC2CC1C1CCCC21)c1ccccc1. The summed E-state index contributed by atoms with van der Waals surface area (Å²) in [6, 6.07) is 9.51. The Morgan fingerprint density at radius 2 is 1.86 bits per heavy atom. The Kier molecular flexibility index (Phi) is 3.26. The molecule has 3 heteroatoms. The van der Waals surface area contributed by atoms with Crippen molar-refractivity contribution in [2.24, 2.45) is 29.4 Å². The molecular weight excluding hydrogens is 260 g/mol. The van der Waals surface area contributed by atoms with E-state index in [0.29, 0.717) is 6.04 Å². The molecule has 4 rings (SSSR count). The number of carbonyl (C=O) groups excluding carboxylic acids is 1. The molecule has 0 aliphatic heterocycles. The molecule has 3 saturated carbocycles. The van der Waals surface area contributed by atoms with Crippen molar-refractivity contribution >= 4 is 5.91 Å². The predicted octanol–water partition coefficient (Wildman–Crippen LogP) is 2.63. The average molecular weight is 284 g/mol. The molecule has 3 N–H and O–H groups in total. The van der Waals surface area contributed by atoms with E-state index in [2.05, 4.69) is 5.32 Å². The van der Waals surface area contributed by atoms with Gasteiger partial charge in [-0.05, 0) is 54.9 Å². The summed E-state index contributed by atoms with van der Waals surface area (Å²) in [7, 11) is 0. The van der Waals surface area contributed by atoms with Gasteiger partial charge in [-0.25, -0.2) is 0 Å². The normalized spacial score (nSPS) is 38.2. The third kappa shape index (κ3) is 2.18. The van der Waals surface area contributed by atoms with Gasteiger partial charge in [-0.1, -0.05) is 36.8 Å². The molecule has 0 aromatic heterocycles. The van der Waals surface area contributed by atoms with Crippen molar-refractivity contribution in [3.63, 3.8) is 0 Å². The fourth-order valence-electron chi connectivity index (χ4n) is 5.32. The third-order valence-electron chi connectivity index (χ3n) is 6.20. The fourth-order valence-corrected chi connectivity index (χ4v) is 5.32. The van der Waals surface area contributed by atoms with Gasteiger partial charge in [-0.2, -0.15) is 0 Å². The van der Waals surface area contributed by atoms with Crippen LogP contribution in [0.15, 0.2) is 30.3 Å². The minimum atomic E-state index is -0.537. The Morgan fingerprint density at radius 3 is 2.67 bits per heavy atom. The number of fused-ring (bicyclic) bond motifs is 5. The summed E-state index contributed by atoms with van der Waals surface area (Å²) < 4.78 is 0. The second kappa shape index (κ2) is 5.13. The topological polar surface area (TPSA) is 55.1 Å². The monoisotopic (exact) mass is 284 g/mol. The van der Waals surface area contributed by atoms with Gasteiger partial charge < -0.3 is 11.1 Å². The lowest BCUT2D eigenvalue weighted by molar-refractivity contribution is -0.123. The van der Waals surface area contributed by atoms with Gasteiger partial charge in [-0.3, -0.25) is 4.79 Å². The van der Waals surface area contributed by atoms with Crippen molar-refractivity contribution in [3.05, 3.63) is 35.9 Å². The first-order chi connectivity index (χ1) is 10.2. The van der Waals surface area contributed by atoms with Crippen LogP contribution in [-0.4, -0.2) is 11.9 Å². The molecular formula is C18H24N2O. The van der Waals surface area contributed by atoms with Crippen LogP contribution in [0, 0.1) is 23.7 Å². The molecule has 3 nitrogen and oxygen atoms in total. The van der Waals surface area contributed by atoms with E-state index in [4.69, 9.17) is 5.73 Å². The van der Waals surface area contributed by atoms with Gasteiger partial charge in [0.05, 0.1) is 0 Å². The highest BCUT2D eigenvalue weighted by Crippen LogP contribution is 2.58. The van der Waals surface area contributed by atoms with E-state index >= 15 is 0 Å². The van der Waals surface area contributed by atoms with Crippen molar-refractivity contribution in [2.45, 2.75) is 44.2 Å². The molecule has 0 spiro atoms. The third-order valence-corrected chi connectivity index (χ3v) is 6.20. The maximum absolute atomic E-state index is 12.4. The van der Waals surface area contributed by atoms with Crippen LogP contribution >= 0.6 is 0 Å². The zero-order chi connectivity index (χ0) is 14.4. The Morgan fingerprint density at radius 1 is 1.10 bits per heavy atom. The quantitative estimate of drug-likeness (QED) is 0.896. The molecule has 3 aliphatic carbocycles. The summed E-state index contributed by atoms with van der Waals surface area (Å²) in [4.78, 5) is 12.4. The predicted molar refractivity (Wildman–Crippen MR) is 82.3 cm³/mol. The zero-order valence-electron chi connectivity index (χ0n) is 12.4. The summed E-state index contributed by atoms with van der Waals surface area (Å²) in [5.74, 6) is 3.41. The van der Waals surface area contributed by atoms with Crippen molar-refractivity contribution in [1.29, 1.82) is 0 Å². The number of hydrogen-bond acceptors (Lipinski definition) is 2. The van der Waals surface area contributed by atoms with Crippen molar-refractivity contribution in [3.8, 4) is 0 Å². The maximum Gasteiger partial charge on any atom is 0.241 e. The first-order valence-corrected chi connectivity index (χ1v) is 8.35. The molecule has 1 aromatic carbocycles. The molecule has 0 saturated heterocycles. The van der Waals surface area contributed by atoms with Gasteiger partial charge >= 0.3 is 0 Å². The van der Waals surface area contributed by atoms with Crippen molar-refractivity contribution in [2.75, 3.05) is 0 Å². The van der Waals surface area contributed by atoms with Crippen LogP contribution in [0.2, 0.25) is 0 Å². The van der Waals surface area contributed by atoms with Crippen LogP contribution in [0.1, 0.15) is 43.7 Å². The largest absolute Gasteiger partial charge is 0.351 e. The van der Waals surface area contributed by atoms with Crippen molar-refractivity contribution < 1.29 is 4.79 Å². The molecule has 21 heavy (non-hydrogen) atoms.